The molecule has 2 aromatic rings. The maximum Gasteiger partial charge on any atom is 0.320 e. The molecule has 8 nitrogen and oxygen atoms in total. The Kier molecular flexibility index (Phi) is 9.63. The summed E-state index contributed by atoms with van der Waals surface area (Å²) >= 11 is 0. The number of amides is 3. The number of likely N-dealkylation sites (tertiary alicyclic amines) is 1. The Bertz CT molecular complexity index is 1270. The van der Waals surface area contributed by atoms with Crippen molar-refractivity contribution in [3.05, 3.63) is 65.0 Å². The number of pyridine rings is 1. The molecule has 0 spiro atoms. The number of fused-ring (bicyclic) bond motifs is 1. The molecule has 1 unspecified atom stereocenters. The van der Waals surface area contributed by atoms with Crippen LogP contribution in [-0.2, 0) is 28.7 Å². The predicted molar refractivity (Wildman–Crippen MR) is 173 cm³/mol. The van der Waals surface area contributed by atoms with Crippen LogP contribution >= 0.6 is 0 Å². The van der Waals surface area contributed by atoms with Crippen LogP contribution in [-0.4, -0.2) is 96.8 Å². The van der Waals surface area contributed by atoms with E-state index in [4.69, 9.17) is 9.41 Å². The van der Waals surface area contributed by atoms with E-state index in [-0.39, 0.29) is 23.1 Å². The second-order valence-electron chi connectivity index (χ2n) is 14.3. The molecular formula is C34H51N5O3Si. The minimum Gasteiger partial charge on any atom is -0.411 e. The van der Waals surface area contributed by atoms with Crippen LogP contribution in [0.1, 0.15) is 68.8 Å². The molecule has 0 aliphatic carbocycles. The Morgan fingerprint density at radius 1 is 0.977 bits per heavy atom. The van der Waals surface area contributed by atoms with Crippen molar-refractivity contribution in [3.8, 4) is 0 Å². The van der Waals surface area contributed by atoms with Crippen LogP contribution in [0, 0.1) is 0 Å². The summed E-state index contributed by atoms with van der Waals surface area (Å²) < 4.78 is 7.00. The number of hydrogen-bond donors (Lipinski definition) is 0. The lowest BCUT2D eigenvalue weighted by atomic mass is 9.93. The standard InChI is InChI=1S/C34H51N5O3Si/c1-26(40)37-17-14-29(15-18-37)32-12-11-27(21-35-32)22-38-19-20-39(33(38)41)25-31(42-43(5,6)34(2,3)4)24-36-16-13-28-9-7-8-10-30(28)23-36/h7-12,21,29,31H,13-20,22-25H2,1-6H3. The van der Waals surface area contributed by atoms with E-state index in [0.29, 0.717) is 25.6 Å². The van der Waals surface area contributed by atoms with Crippen molar-refractivity contribution in [1.82, 2.24) is 24.6 Å². The molecule has 0 N–H and O–H groups in total. The molecule has 3 amide bonds. The molecule has 1 atom stereocenters. The Labute approximate surface area is 259 Å². The van der Waals surface area contributed by atoms with Gasteiger partial charge < -0.3 is 19.1 Å². The van der Waals surface area contributed by atoms with E-state index in [2.05, 4.69) is 75.2 Å². The number of piperidine rings is 1. The third-order valence-electron chi connectivity index (χ3n) is 10.1. The molecule has 0 bridgehead atoms. The zero-order chi connectivity index (χ0) is 30.8. The highest BCUT2D eigenvalue weighted by Crippen LogP contribution is 2.38. The Morgan fingerprint density at radius 2 is 1.67 bits per heavy atom. The molecule has 5 rings (SSSR count). The summed E-state index contributed by atoms with van der Waals surface area (Å²) in [6.45, 7) is 20.1. The van der Waals surface area contributed by atoms with Gasteiger partial charge in [-0.05, 0) is 60.2 Å². The van der Waals surface area contributed by atoms with Gasteiger partial charge in [0.25, 0.3) is 0 Å². The van der Waals surface area contributed by atoms with Crippen molar-refractivity contribution in [2.45, 2.75) is 90.2 Å². The summed E-state index contributed by atoms with van der Waals surface area (Å²) in [7, 11) is -2.03. The molecule has 3 aliphatic heterocycles. The number of hydrogen-bond acceptors (Lipinski definition) is 5. The largest absolute Gasteiger partial charge is 0.411 e. The maximum absolute atomic E-state index is 13.6. The van der Waals surface area contributed by atoms with Gasteiger partial charge in [-0.25, -0.2) is 4.79 Å². The zero-order valence-electron chi connectivity index (χ0n) is 27.1. The van der Waals surface area contributed by atoms with E-state index < -0.39 is 8.32 Å². The van der Waals surface area contributed by atoms with E-state index in [1.54, 1.807) is 6.92 Å². The summed E-state index contributed by atoms with van der Waals surface area (Å²) in [6, 6.07) is 13.1. The summed E-state index contributed by atoms with van der Waals surface area (Å²) in [4.78, 5) is 38.4. The third kappa shape index (κ3) is 7.67. The quantitative estimate of drug-likeness (QED) is 0.354. The van der Waals surface area contributed by atoms with Gasteiger partial charge in [0.1, 0.15) is 0 Å². The molecule has 3 aliphatic rings. The van der Waals surface area contributed by atoms with E-state index in [9.17, 15) is 9.59 Å². The van der Waals surface area contributed by atoms with Crippen LogP contribution in [0.3, 0.4) is 0 Å². The average Bonchev–Trinajstić information content (AvgIpc) is 3.30. The van der Waals surface area contributed by atoms with Crippen molar-refractivity contribution >= 4 is 20.3 Å². The normalized spacial score (nSPS) is 19.6. The summed E-state index contributed by atoms with van der Waals surface area (Å²) in [5, 5.41) is 0.102. The molecule has 234 valence electrons. The van der Waals surface area contributed by atoms with Crippen LogP contribution in [0.2, 0.25) is 18.1 Å². The van der Waals surface area contributed by atoms with Gasteiger partial charge in [0, 0.05) is 83.6 Å². The van der Waals surface area contributed by atoms with Gasteiger partial charge in [0.15, 0.2) is 8.32 Å². The lowest BCUT2D eigenvalue weighted by Gasteiger charge is -2.42. The van der Waals surface area contributed by atoms with E-state index >= 15 is 0 Å². The van der Waals surface area contributed by atoms with Gasteiger partial charge in [-0.3, -0.25) is 14.7 Å². The molecule has 0 radical (unpaired) electrons. The molecular weight excluding hydrogens is 554 g/mol. The van der Waals surface area contributed by atoms with E-state index in [1.165, 1.54) is 11.1 Å². The molecule has 2 fully saturated rings. The maximum atomic E-state index is 13.6. The van der Waals surface area contributed by atoms with Gasteiger partial charge in [-0.2, -0.15) is 0 Å². The number of nitrogens with zero attached hydrogens (tertiary/aromatic N) is 5. The van der Waals surface area contributed by atoms with E-state index in [0.717, 1.165) is 69.8 Å². The van der Waals surface area contributed by atoms with Crippen molar-refractivity contribution in [2.75, 3.05) is 45.8 Å². The Hall–Kier alpha value is -2.75. The average molecular weight is 606 g/mol. The fourth-order valence-corrected chi connectivity index (χ4v) is 7.74. The van der Waals surface area contributed by atoms with Crippen LogP contribution < -0.4 is 0 Å². The molecule has 1 aromatic heterocycles. The summed E-state index contributed by atoms with van der Waals surface area (Å²) in [5.74, 6) is 0.543. The molecule has 1 aromatic carbocycles. The highest BCUT2D eigenvalue weighted by atomic mass is 28.4. The number of carbonyl (C=O) groups is 2. The number of carbonyl (C=O) groups excluding carboxylic acids is 2. The van der Waals surface area contributed by atoms with Gasteiger partial charge >= 0.3 is 6.03 Å². The lowest BCUT2D eigenvalue weighted by Crippen LogP contribution is -2.51. The van der Waals surface area contributed by atoms with Crippen molar-refractivity contribution in [2.24, 2.45) is 0 Å². The summed E-state index contributed by atoms with van der Waals surface area (Å²) in [5.41, 5.74) is 5.00. The molecule has 2 saturated heterocycles. The second kappa shape index (κ2) is 13.1. The van der Waals surface area contributed by atoms with Crippen molar-refractivity contribution < 1.29 is 14.0 Å². The van der Waals surface area contributed by atoms with Gasteiger partial charge in [0.05, 0.1) is 6.10 Å². The van der Waals surface area contributed by atoms with E-state index in [1.807, 2.05) is 20.9 Å². The Balaban J connectivity index is 1.19. The smallest absolute Gasteiger partial charge is 0.320 e. The topological polar surface area (TPSA) is 69.2 Å². The van der Waals surface area contributed by atoms with Crippen LogP contribution in [0.4, 0.5) is 4.79 Å². The molecule has 9 heteroatoms. The third-order valence-corrected chi connectivity index (χ3v) is 14.7. The van der Waals surface area contributed by atoms with Gasteiger partial charge in [-0.1, -0.05) is 51.1 Å². The first-order chi connectivity index (χ1) is 20.4. The van der Waals surface area contributed by atoms with Gasteiger partial charge in [-0.15, -0.1) is 0 Å². The number of benzene rings is 1. The van der Waals surface area contributed by atoms with Gasteiger partial charge in [0.2, 0.25) is 5.91 Å². The molecule has 43 heavy (non-hydrogen) atoms. The SMILES string of the molecule is CC(=O)N1CCC(c2ccc(CN3CCN(CC(CN4CCc5ccccc5C4)O[Si](C)(C)C(C)(C)C)C3=O)cn2)CC1. The first-order valence-electron chi connectivity index (χ1n) is 16.1. The van der Waals surface area contributed by atoms with Crippen molar-refractivity contribution in [1.29, 1.82) is 0 Å². The molecule has 4 heterocycles. The molecule has 0 saturated carbocycles. The highest BCUT2D eigenvalue weighted by molar-refractivity contribution is 6.74. The first-order valence-corrected chi connectivity index (χ1v) is 19.0. The first kappa shape index (κ1) is 31.7. The number of urea groups is 1. The van der Waals surface area contributed by atoms with Crippen LogP contribution in [0.5, 0.6) is 0 Å². The minimum absolute atomic E-state index is 0.0228. The fraction of sp³-hybridized carbons (Fsp3) is 0.618. The monoisotopic (exact) mass is 605 g/mol. The lowest BCUT2D eigenvalue weighted by molar-refractivity contribution is -0.129. The Morgan fingerprint density at radius 3 is 2.33 bits per heavy atom. The van der Waals surface area contributed by atoms with Crippen molar-refractivity contribution in [3.63, 3.8) is 0 Å². The highest BCUT2D eigenvalue weighted by Gasteiger charge is 2.41. The zero-order valence-corrected chi connectivity index (χ0v) is 28.1. The number of rotatable bonds is 9. The fourth-order valence-electron chi connectivity index (χ4n) is 6.40. The predicted octanol–water partition coefficient (Wildman–Crippen LogP) is 5.49. The summed E-state index contributed by atoms with van der Waals surface area (Å²) in [6.07, 6.45) is 4.87. The minimum atomic E-state index is -2.03. The number of aromatic nitrogens is 1. The van der Waals surface area contributed by atoms with Crippen LogP contribution in [0.15, 0.2) is 42.6 Å². The second-order valence-corrected chi connectivity index (χ2v) is 19.0. The van der Waals surface area contributed by atoms with Crippen LogP contribution in [0.25, 0.3) is 0 Å².